The van der Waals surface area contributed by atoms with Crippen LogP contribution in [0.3, 0.4) is 0 Å². The SMILES string of the molecule is C=CC[C@H](NC(=O)c1c2ccccc2cc2ccccc12)C(=O)O. The number of hydrogen-bond donors (Lipinski definition) is 2. The number of benzene rings is 3. The van der Waals surface area contributed by atoms with Crippen LogP contribution in [-0.2, 0) is 4.79 Å². The van der Waals surface area contributed by atoms with E-state index >= 15 is 0 Å². The van der Waals surface area contributed by atoms with Crippen LogP contribution in [-0.4, -0.2) is 23.0 Å². The number of amides is 1. The molecule has 3 aromatic rings. The molecule has 0 radical (unpaired) electrons. The van der Waals surface area contributed by atoms with Gasteiger partial charge in [-0.1, -0.05) is 54.6 Å². The Kier molecular flexibility index (Phi) is 4.29. The summed E-state index contributed by atoms with van der Waals surface area (Å²) < 4.78 is 0. The molecule has 0 aliphatic carbocycles. The zero-order valence-corrected chi connectivity index (χ0v) is 13.0. The highest BCUT2D eigenvalue weighted by Crippen LogP contribution is 2.28. The predicted octanol–water partition coefficient (Wildman–Crippen LogP) is 3.75. The summed E-state index contributed by atoms with van der Waals surface area (Å²) in [6.45, 7) is 3.55. The monoisotopic (exact) mass is 319 g/mol. The molecule has 4 heteroatoms. The van der Waals surface area contributed by atoms with Crippen LogP contribution < -0.4 is 5.32 Å². The van der Waals surface area contributed by atoms with Gasteiger partial charge in [-0.2, -0.15) is 0 Å². The zero-order valence-electron chi connectivity index (χ0n) is 13.0. The van der Waals surface area contributed by atoms with Crippen LogP contribution in [0.15, 0.2) is 67.3 Å². The summed E-state index contributed by atoms with van der Waals surface area (Å²) in [6.07, 6.45) is 1.66. The van der Waals surface area contributed by atoms with Gasteiger partial charge in [-0.15, -0.1) is 6.58 Å². The van der Waals surface area contributed by atoms with Crippen molar-refractivity contribution in [3.63, 3.8) is 0 Å². The number of rotatable bonds is 5. The van der Waals surface area contributed by atoms with E-state index in [4.69, 9.17) is 0 Å². The number of carbonyl (C=O) groups excluding carboxylic acids is 1. The minimum atomic E-state index is -1.08. The van der Waals surface area contributed by atoms with Gasteiger partial charge in [0.05, 0.1) is 5.56 Å². The second-order valence-electron chi connectivity index (χ2n) is 5.58. The molecule has 0 bridgehead atoms. The number of fused-ring (bicyclic) bond motifs is 2. The summed E-state index contributed by atoms with van der Waals surface area (Å²) in [4.78, 5) is 24.2. The molecule has 0 spiro atoms. The van der Waals surface area contributed by atoms with Gasteiger partial charge in [0.2, 0.25) is 0 Å². The van der Waals surface area contributed by atoms with Crippen LogP contribution in [0.25, 0.3) is 21.5 Å². The number of aliphatic carboxylic acids is 1. The highest BCUT2D eigenvalue weighted by atomic mass is 16.4. The lowest BCUT2D eigenvalue weighted by Crippen LogP contribution is -2.40. The van der Waals surface area contributed by atoms with Crippen LogP contribution in [0.5, 0.6) is 0 Å². The lowest BCUT2D eigenvalue weighted by atomic mass is 9.96. The van der Waals surface area contributed by atoms with E-state index in [9.17, 15) is 14.7 Å². The molecule has 24 heavy (non-hydrogen) atoms. The first-order chi connectivity index (χ1) is 11.6. The van der Waals surface area contributed by atoms with E-state index in [0.29, 0.717) is 5.56 Å². The molecule has 120 valence electrons. The van der Waals surface area contributed by atoms with Crippen LogP contribution in [0.1, 0.15) is 16.8 Å². The summed E-state index contributed by atoms with van der Waals surface area (Å²) in [5.74, 6) is -1.47. The number of carbonyl (C=O) groups is 2. The summed E-state index contributed by atoms with van der Waals surface area (Å²) in [7, 11) is 0. The second-order valence-corrected chi connectivity index (χ2v) is 5.58. The van der Waals surface area contributed by atoms with Crippen molar-refractivity contribution >= 4 is 33.4 Å². The summed E-state index contributed by atoms with van der Waals surface area (Å²) in [5.41, 5.74) is 0.499. The van der Waals surface area contributed by atoms with Gasteiger partial charge in [0.25, 0.3) is 5.91 Å². The molecule has 4 nitrogen and oxygen atoms in total. The van der Waals surface area contributed by atoms with E-state index in [1.807, 2.05) is 54.6 Å². The molecule has 3 aromatic carbocycles. The van der Waals surface area contributed by atoms with Crippen LogP contribution in [0.2, 0.25) is 0 Å². The fourth-order valence-corrected chi connectivity index (χ4v) is 2.88. The predicted molar refractivity (Wildman–Crippen MR) is 95.2 cm³/mol. The Morgan fingerprint density at radius 3 is 2.08 bits per heavy atom. The van der Waals surface area contributed by atoms with Gasteiger partial charge in [-0.05, 0) is 34.0 Å². The van der Waals surface area contributed by atoms with Gasteiger partial charge in [0.1, 0.15) is 6.04 Å². The van der Waals surface area contributed by atoms with Crippen molar-refractivity contribution in [1.82, 2.24) is 5.32 Å². The number of carboxylic acid groups (broad SMARTS) is 1. The Bertz CT molecular complexity index is 892. The molecule has 0 saturated heterocycles. The maximum atomic E-state index is 12.9. The van der Waals surface area contributed by atoms with E-state index in [2.05, 4.69) is 11.9 Å². The molecule has 0 unspecified atom stereocenters. The van der Waals surface area contributed by atoms with Gasteiger partial charge in [-0.25, -0.2) is 4.79 Å². The average molecular weight is 319 g/mol. The molecule has 0 aliphatic heterocycles. The van der Waals surface area contributed by atoms with Crippen molar-refractivity contribution in [2.45, 2.75) is 12.5 Å². The van der Waals surface area contributed by atoms with Crippen molar-refractivity contribution in [2.75, 3.05) is 0 Å². The second kappa shape index (κ2) is 6.54. The van der Waals surface area contributed by atoms with E-state index in [0.717, 1.165) is 21.5 Å². The zero-order chi connectivity index (χ0) is 17.1. The molecular formula is C20H17NO3. The largest absolute Gasteiger partial charge is 0.480 e. The van der Waals surface area contributed by atoms with Crippen molar-refractivity contribution in [3.05, 3.63) is 72.8 Å². The molecule has 1 amide bonds. The Morgan fingerprint density at radius 2 is 1.58 bits per heavy atom. The third-order valence-electron chi connectivity index (χ3n) is 4.00. The first kappa shape index (κ1) is 15.7. The van der Waals surface area contributed by atoms with E-state index in [1.165, 1.54) is 6.08 Å². The third kappa shape index (κ3) is 2.86. The van der Waals surface area contributed by atoms with E-state index in [1.54, 1.807) is 0 Å². The topological polar surface area (TPSA) is 66.4 Å². The molecule has 0 heterocycles. The minimum Gasteiger partial charge on any atom is -0.480 e. The van der Waals surface area contributed by atoms with Gasteiger partial charge >= 0.3 is 5.97 Å². The molecule has 3 rings (SSSR count). The van der Waals surface area contributed by atoms with Gasteiger partial charge < -0.3 is 10.4 Å². The summed E-state index contributed by atoms with van der Waals surface area (Å²) in [6, 6.07) is 16.2. The molecule has 0 fully saturated rings. The first-order valence-electron chi connectivity index (χ1n) is 7.67. The number of carboxylic acids is 1. The number of nitrogens with one attached hydrogen (secondary N) is 1. The van der Waals surface area contributed by atoms with Crippen LogP contribution in [0.4, 0.5) is 0 Å². The highest BCUT2D eigenvalue weighted by molar-refractivity contribution is 6.18. The summed E-state index contributed by atoms with van der Waals surface area (Å²) >= 11 is 0. The lowest BCUT2D eigenvalue weighted by molar-refractivity contribution is -0.139. The Labute approximate surface area is 139 Å². The molecule has 2 N–H and O–H groups in total. The Hall–Kier alpha value is -3.14. The molecular weight excluding hydrogens is 302 g/mol. The smallest absolute Gasteiger partial charge is 0.326 e. The van der Waals surface area contributed by atoms with Gasteiger partial charge in [-0.3, -0.25) is 4.79 Å². The minimum absolute atomic E-state index is 0.170. The highest BCUT2D eigenvalue weighted by Gasteiger charge is 2.22. The van der Waals surface area contributed by atoms with Crippen molar-refractivity contribution in [2.24, 2.45) is 0 Å². The maximum absolute atomic E-state index is 12.9. The molecule has 0 saturated carbocycles. The summed E-state index contributed by atoms with van der Waals surface area (Å²) in [5, 5.41) is 15.4. The molecule has 0 aromatic heterocycles. The van der Waals surface area contributed by atoms with Gasteiger partial charge in [0, 0.05) is 0 Å². The fraction of sp³-hybridized carbons (Fsp3) is 0.100. The van der Waals surface area contributed by atoms with Crippen LogP contribution >= 0.6 is 0 Å². The van der Waals surface area contributed by atoms with E-state index in [-0.39, 0.29) is 6.42 Å². The van der Waals surface area contributed by atoms with Crippen molar-refractivity contribution < 1.29 is 14.7 Å². The third-order valence-corrected chi connectivity index (χ3v) is 4.00. The van der Waals surface area contributed by atoms with Crippen LogP contribution in [0, 0.1) is 0 Å². The first-order valence-corrected chi connectivity index (χ1v) is 7.67. The maximum Gasteiger partial charge on any atom is 0.326 e. The quantitative estimate of drug-likeness (QED) is 0.556. The Balaban J connectivity index is 2.16. The number of hydrogen-bond acceptors (Lipinski definition) is 2. The fourth-order valence-electron chi connectivity index (χ4n) is 2.88. The molecule has 0 aliphatic rings. The Morgan fingerprint density at radius 1 is 1.04 bits per heavy atom. The van der Waals surface area contributed by atoms with Gasteiger partial charge in [0.15, 0.2) is 0 Å². The van der Waals surface area contributed by atoms with Crippen molar-refractivity contribution in [3.8, 4) is 0 Å². The van der Waals surface area contributed by atoms with E-state index < -0.39 is 17.9 Å². The average Bonchev–Trinajstić information content (AvgIpc) is 2.58. The standard InChI is InChI=1S/C20H17NO3/c1-2-7-17(20(23)24)21-19(22)18-15-10-5-3-8-13(15)12-14-9-4-6-11-16(14)18/h2-6,8-12,17H,1,7H2,(H,21,22)(H,23,24)/t17-/m0/s1. The van der Waals surface area contributed by atoms with Crippen molar-refractivity contribution in [1.29, 1.82) is 0 Å². The normalized spacial score (nSPS) is 12.0. The molecule has 1 atom stereocenters. The lowest BCUT2D eigenvalue weighted by Gasteiger charge is -2.15.